The zero-order valence-electron chi connectivity index (χ0n) is 8.84. The highest BCUT2D eigenvalue weighted by molar-refractivity contribution is 5.85. The lowest BCUT2D eigenvalue weighted by molar-refractivity contribution is -0.132. The Morgan fingerprint density at radius 1 is 1.50 bits per heavy atom. The van der Waals surface area contributed by atoms with E-state index in [-0.39, 0.29) is 12.1 Å². The van der Waals surface area contributed by atoms with Crippen LogP contribution in [0.1, 0.15) is 6.92 Å². The van der Waals surface area contributed by atoms with E-state index < -0.39 is 17.2 Å². The molecule has 0 fully saturated rings. The van der Waals surface area contributed by atoms with Crippen LogP contribution in [0.4, 0.5) is 0 Å². The maximum absolute atomic E-state index is 11.7. The molecular weight excluding hydrogens is 212 g/mol. The summed E-state index contributed by atoms with van der Waals surface area (Å²) in [6, 6.07) is 1.22. The number of rotatable bonds is 4. The number of hydrogen-bond acceptors (Lipinski definition) is 3. The topological polar surface area (TPSA) is 81.3 Å². The first-order valence-corrected chi connectivity index (χ1v) is 4.68. The fourth-order valence-electron chi connectivity index (χ4n) is 1.20. The van der Waals surface area contributed by atoms with Crippen molar-refractivity contribution in [3.05, 3.63) is 45.3 Å². The van der Waals surface area contributed by atoms with Crippen LogP contribution in [-0.4, -0.2) is 20.2 Å². The summed E-state index contributed by atoms with van der Waals surface area (Å²) in [6.45, 7) is 5.15. The summed E-state index contributed by atoms with van der Waals surface area (Å²) in [5.41, 5.74) is -1.26. The third-order valence-electron chi connectivity index (χ3n) is 2.13. The number of aromatic nitrogens is 2. The maximum atomic E-state index is 11.7. The number of aryl methyl sites for hydroxylation is 1. The molecule has 1 aromatic rings. The van der Waals surface area contributed by atoms with Crippen molar-refractivity contribution >= 4 is 5.97 Å². The lowest BCUT2D eigenvalue weighted by Gasteiger charge is -2.07. The molecule has 16 heavy (non-hydrogen) atoms. The van der Waals surface area contributed by atoms with Gasteiger partial charge in [-0.1, -0.05) is 6.58 Å². The van der Waals surface area contributed by atoms with Gasteiger partial charge in [0.15, 0.2) is 0 Å². The Balaban J connectivity index is 3.23. The van der Waals surface area contributed by atoms with E-state index in [4.69, 9.17) is 5.11 Å². The summed E-state index contributed by atoms with van der Waals surface area (Å²) in [4.78, 5) is 33.6. The van der Waals surface area contributed by atoms with Crippen molar-refractivity contribution in [2.75, 3.05) is 0 Å². The average molecular weight is 224 g/mol. The summed E-state index contributed by atoms with van der Waals surface area (Å²) in [7, 11) is 0. The van der Waals surface area contributed by atoms with Crippen molar-refractivity contribution in [2.45, 2.75) is 20.0 Å². The van der Waals surface area contributed by atoms with Crippen LogP contribution in [0.5, 0.6) is 0 Å². The highest BCUT2D eigenvalue weighted by Gasteiger charge is 2.09. The second-order valence-corrected chi connectivity index (χ2v) is 3.22. The molecule has 1 aromatic heterocycles. The largest absolute Gasteiger partial charge is 0.478 e. The number of carboxylic acids is 1. The summed E-state index contributed by atoms with van der Waals surface area (Å²) in [6.07, 6.45) is 1.38. The molecule has 0 amide bonds. The Hall–Kier alpha value is -2.11. The van der Waals surface area contributed by atoms with Crippen LogP contribution in [0.3, 0.4) is 0 Å². The van der Waals surface area contributed by atoms with Gasteiger partial charge in [0, 0.05) is 24.4 Å². The lowest BCUT2D eigenvalue weighted by Crippen LogP contribution is -2.39. The van der Waals surface area contributed by atoms with Gasteiger partial charge < -0.3 is 9.67 Å². The molecule has 0 radical (unpaired) electrons. The number of carboxylic acid groups (broad SMARTS) is 1. The van der Waals surface area contributed by atoms with Gasteiger partial charge in [0.1, 0.15) is 0 Å². The summed E-state index contributed by atoms with van der Waals surface area (Å²) in [5.74, 6) is -1.22. The number of carbonyl (C=O) groups is 1. The molecule has 0 atom stereocenters. The number of aliphatic carboxylic acids is 1. The van der Waals surface area contributed by atoms with Crippen LogP contribution in [0, 0.1) is 0 Å². The van der Waals surface area contributed by atoms with Gasteiger partial charge in [-0.15, -0.1) is 0 Å². The van der Waals surface area contributed by atoms with E-state index in [2.05, 4.69) is 6.58 Å². The number of nitrogens with zero attached hydrogens (tertiary/aromatic N) is 2. The Kier molecular flexibility index (Phi) is 3.44. The van der Waals surface area contributed by atoms with E-state index in [1.54, 1.807) is 6.92 Å². The van der Waals surface area contributed by atoms with E-state index in [1.165, 1.54) is 16.8 Å². The SMILES string of the molecule is C=C(Cn1c(=O)ccn(CC)c1=O)C(=O)O. The second kappa shape index (κ2) is 4.61. The summed E-state index contributed by atoms with van der Waals surface area (Å²) in [5, 5.41) is 8.63. The van der Waals surface area contributed by atoms with E-state index >= 15 is 0 Å². The average Bonchev–Trinajstić information content (AvgIpc) is 2.24. The van der Waals surface area contributed by atoms with Gasteiger partial charge in [0.25, 0.3) is 5.56 Å². The van der Waals surface area contributed by atoms with Crippen molar-refractivity contribution in [1.82, 2.24) is 9.13 Å². The van der Waals surface area contributed by atoms with Gasteiger partial charge in [-0.05, 0) is 6.92 Å². The summed E-state index contributed by atoms with van der Waals surface area (Å²) < 4.78 is 2.16. The molecule has 1 heterocycles. The van der Waals surface area contributed by atoms with E-state index in [9.17, 15) is 14.4 Å². The zero-order chi connectivity index (χ0) is 12.3. The van der Waals surface area contributed by atoms with Gasteiger partial charge in [0.05, 0.1) is 6.54 Å². The first-order valence-electron chi connectivity index (χ1n) is 4.68. The smallest absolute Gasteiger partial charge is 0.332 e. The normalized spacial score (nSPS) is 10.1. The third kappa shape index (κ3) is 2.28. The second-order valence-electron chi connectivity index (χ2n) is 3.22. The molecule has 0 aliphatic heterocycles. The van der Waals surface area contributed by atoms with Gasteiger partial charge in [-0.2, -0.15) is 0 Å². The van der Waals surface area contributed by atoms with Crippen molar-refractivity contribution in [1.29, 1.82) is 0 Å². The van der Waals surface area contributed by atoms with Crippen LogP contribution in [0.15, 0.2) is 34.0 Å². The van der Waals surface area contributed by atoms with Crippen molar-refractivity contribution in [2.24, 2.45) is 0 Å². The molecule has 0 spiro atoms. The van der Waals surface area contributed by atoms with Gasteiger partial charge >= 0.3 is 11.7 Å². The van der Waals surface area contributed by atoms with Crippen LogP contribution in [-0.2, 0) is 17.9 Å². The fourth-order valence-corrected chi connectivity index (χ4v) is 1.20. The first kappa shape index (κ1) is 12.0. The monoisotopic (exact) mass is 224 g/mol. The Morgan fingerprint density at radius 3 is 2.62 bits per heavy atom. The van der Waals surface area contributed by atoms with E-state index in [0.717, 1.165) is 4.57 Å². The van der Waals surface area contributed by atoms with E-state index in [1.807, 2.05) is 0 Å². The molecular formula is C10H12N2O4. The predicted molar refractivity (Wildman–Crippen MR) is 57.4 cm³/mol. The Labute approximate surface area is 91.1 Å². The van der Waals surface area contributed by atoms with Gasteiger partial charge in [-0.25, -0.2) is 9.59 Å². The molecule has 1 rings (SSSR count). The predicted octanol–water partition coefficient (Wildman–Crippen LogP) is -0.329. The lowest BCUT2D eigenvalue weighted by atomic mass is 10.3. The fraction of sp³-hybridized carbons (Fsp3) is 0.300. The van der Waals surface area contributed by atoms with Crippen molar-refractivity contribution < 1.29 is 9.90 Å². The Bertz CT molecular complexity index is 538. The van der Waals surface area contributed by atoms with Crippen LogP contribution >= 0.6 is 0 Å². The van der Waals surface area contributed by atoms with Gasteiger partial charge in [0.2, 0.25) is 0 Å². The van der Waals surface area contributed by atoms with E-state index in [0.29, 0.717) is 6.54 Å². The zero-order valence-corrected chi connectivity index (χ0v) is 8.84. The minimum absolute atomic E-state index is 0.201. The standard InChI is InChI=1S/C10H12N2O4/c1-3-11-5-4-8(13)12(10(11)16)6-7(2)9(14)15/h4-5H,2-3,6H2,1H3,(H,14,15). The quantitative estimate of drug-likeness (QED) is 0.710. The molecule has 1 N–H and O–H groups in total. The molecule has 0 saturated heterocycles. The van der Waals surface area contributed by atoms with Gasteiger partial charge in [-0.3, -0.25) is 9.36 Å². The minimum Gasteiger partial charge on any atom is -0.478 e. The molecule has 6 heteroatoms. The Morgan fingerprint density at radius 2 is 2.12 bits per heavy atom. The third-order valence-corrected chi connectivity index (χ3v) is 2.13. The molecule has 86 valence electrons. The molecule has 6 nitrogen and oxygen atoms in total. The molecule has 0 saturated carbocycles. The molecule has 0 bridgehead atoms. The van der Waals surface area contributed by atoms with Crippen LogP contribution in [0.2, 0.25) is 0 Å². The molecule has 0 aliphatic carbocycles. The van der Waals surface area contributed by atoms with Crippen LogP contribution < -0.4 is 11.2 Å². The summed E-state index contributed by atoms with van der Waals surface area (Å²) >= 11 is 0. The van der Waals surface area contributed by atoms with Crippen molar-refractivity contribution in [3.63, 3.8) is 0 Å². The maximum Gasteiger partial charge on any atom is 0.332 e. The molecule has 0 aromatic carbocycles. The number of hydrogen-bond donors (Lipinski definition) is 1. The molecule has 0 aliphatic rings. The minimum atomic E-state index is -1.22. The van der Waals surface area contributed by atoms with Crippen LogP contribution in [0.25, 0.3) is 0 Å². The molecule has 0 unspecified atom stereocenters. The first-order chi connectivity index (χ1) is 7.47. The van der Waals surface area contributed by atoms with Crippen molar-refractivity contribution in [3.8, 4) is 0 Å². The highest BCUT2D eigenvalue weighted by Crippen LogP contribution is 1.92. The highest BCUT2D eigenvalue weighted by atomic mass is 16.4.